The summed E-state index contributed by atoms with van der Waals surface area (Å²) in [6, 6.07) is 5.94. The molecule has 1 saturated carbocycles. The Morgan fingerprint density at radius 3 is 2.92 bits per heavy atom. The molecule has 1 aliphatic carbocycles. The third-order valence-electron chi connectivity index (χ3n) is 5.17. The molecule has 1 aromatic carbocycles. The number of nitrogens with one attached hydrogen (secondary N) is 2. The number of benzene rings is 1. The summed E-state index contributed by atoms with van der Waals surface area (Å²) in [5.41, 5.74) is 1.68. The fourth-order valence-corrected chi connectivity index (χ4v) is 3.76. The first-order valence-electron chi connectivity index (χ1n) is 9.32. The number of carbonyl (C=O) groups excluding carboxylic acids is 2. The Labute approximate surface area is 152 Å². The quantitative estimate of drug-likeness (QED) is 0.862. The van der Waals surface area contributed by atoms with Gasteiger partial charge in [0, 0.05) is 18.2 Å². The van der Waals surface area contributed by atoms with Gasteiger partial charge in [-0.1, -0.05) is 31.4 Å². The standard InChI is InChI=1S/C19H24N4O3/c1-12(18(25)20-14-7-3-2-4-8-14)26-15-9-5-6-13-10-23-11-16(24)21-19(23)22-17(13)15/h5-6,9,12,14H,2-4,7-8,10-11H2,1H3,(H,20,25)(H,21,22,24). The number of fused-ring (bicyclic) bond motifs is 2. The summed E-state index contributed by atoms with van der Waals surface area (Å²) in [5.74, 6) is 0.980. The number of guanidine groups is 1. The van der Waals surface area contributed by atoms with Crippen LogP contribution in [0.25, 0.3) is 0 Å². The van der Waals surface area contributed by atoms with Crippen LogP contribution in [0.15, 0.2) is 23.2 Å². The van der Waals surface area contributed by atoms with Gasteiger partial charge in [0.1, 0.15) is 18.0 Å². The van der Waals surface area contributed by atoms with Crippen molar-refractivity contribution < 1.29 is 14.3 Å². The van der Waals surface area contributed by atoms with Crippen molar-refractivity contribution >= 4 is 23.5 Å². The Hall–Kier alpha value is -2.57. The third kappa shape index (κ3) is 3.38. The summed E-state index contributed by atoms with van der Waals surface area (Å²) in [5, 5.41) is 5.85. The van der Waals surface area contributed by atoms with Crippen LogP contribution in [0.5, 0.6) is 5.75 Å². The molecule has 138 valence electrons. The van der Waals surface area contributed by atoms with Gasteiger partial charge in [-0.3, -0.25) is 14.9 Å². The Bertz CT molecular complexity index is 755. The highest BCUT2D eigenvalue weighted by Gasteiger charge is 2.31. The average Bonchev–Trinajstić information content (AvgIpc) is 3.00. The molecule has 7 nitrogen and oxygen atoms in total. The summed E-state index contributed by atoms with van der Waals surface area (Å²) in [4.78, 5) is 30.5. The van der Waals surface area contributed by atoms with Crippen molar-refractivity contribution in [3.8, 4) is 5.75 Å². The zero-order chi connectivity index (χ0) is 18.1. The second-order valence-electron chi connectivity index (χ2n) is 7.21. The van der Waals surface area contributed by atoms with Crippen LogP contribution in [0.1, 0.15) is 44.6 Å². The Kier molecular flexibility index (Phi) is 4.53. The molecule has 0 radical (unpaired) electrons. The van der Waals surface area contributed by atoms with E-state index < -0.39 is 6.10 Å². The monoisotopic (exact) mass is 356 g/mol. The van der Waals surface area contributed by atoms with Gasteiger partial charge in [0.05, 0.1) is 0 Å². The first-order chi connectivity index (χ1) is 12.6. The Morgan fingerprint density at radius 2 is 2.12 bits per heavy atom. The summed E-state index contributed by atoms with van der Waals surface area (Å²) < 4.78 is 5.94. The average molecular weight is 356 g/mol. The van der Waals surface area contributed by atoms with E-state index >= 15 is 0 Å². The molecule has 2 N–H and O–H groups in total. The molecule has 1 saturated heterocycles. The zero-order valence-corrected chi connectivity index (χ0v) is 15.0. The molecule has 0 spiro atoms. The van der Waals surface area contributed by atoms with Gasteiger partial charge in [-0.15, -0.1) is 0 Å². The molecule has 7 heteroatoms. The molecule has 1 unspecified atom stereocenters. The molecule has 2 aliphatic heterocycles. The first kappa shape index (κ1) is 16.9. The van der Waals surface area contributed by atoms with Gasteiger partial charge >= 0.3 is 0 Å². The third-order valence-corrected chi connectivity index (χ3v) is 5.17. The molecule has 26 heavy (non-hydrogen) atoms. The van der Waals surface area contributed by atoms with E-state index in [0.29, 0.717) is 30.5 Å². The zero-order valence-electron chi connectivity index (χ0n) is 15.0. The van der Waals surface area contributed by atoms with Crippen molar-refractivity contribution in [2.45, 2.75) is 57.7 Å². The molecular weight excluding hydrogens is 332 g/mol. The van der Waals surface area contributed by atoms with Crippen LogP contribution in [0, 0.1) is 0 Å². The van der Waals surface area contributed by atoms with Gasteiger partial charge in [-0.25, -0.2) is 4.99 Å². The number of hydrogen-bond donors (Lipinski definition) is 2. The van der Waals surface area contributed by atoms with E-state index in [0.717, 1.165) is 18.4 Å². The maximum Gasteiger partial charge on any atom is 0.260 e. The number of rotatable bonds is 4. The molecule has 1 atom stereocenters. The van der Waals surface area contributed by atoms with E-state index in [1.807, 2.05) is 23.1 Å². The van der Waals surface area contributed by atoms with E-state index in [1.165, 1.54) is 19.3 Å². The summed E-state index contributed by atoms with van der Waals surface area (Å²) in [6.07, 6.45) is 5.09. The van der Waals surface area contributed by atoms with Crippen LogP contribution in [0.2, 0.25) is 0 Å². The molecule has 2 heterocycles. The second kappa shape index (κ2) is 6.97. The highest BCUT2D eigenvalue weighted by Crippen LogP contribution is 2.36. The first-order valence-corrected chi connectivity index (χ1v) is 9.32. The van der Waals surface area contributed by atoms with Gasteiger partial charge in [-0.05, 0) is 25.8 Å². The number of carbonyl (C=O) groups is 2. The normalized spacial score (nSPS) is 20.6. The summed E-state index contributed by atoms with van der Waals surface area (Å²) >= 11 is 0. The molecule has 2 fully saturated rings. The minimum absolute atomic E-state index is 0.0562. The number of para-hydroxylation sites is 1. The largest absolute Gasteiger partial charge is 0.479 e. The smallest absolute Gasteiger partial charge is 0.260 e. The fraction of sp³-hybridized carbons (Fsp3) is 0.526. The SMILES string of the molecule is CC(Oc1cccc2c1N=C1NC(=O)CN1C2)C(=O)NC1CCCCC1. The van der Waals surface area contributed by atoms with E-state index in [9.17, 15) is 9.59 Å². The molecule has 4 rings (SSSR count). The minimum Gasteiger partial charge on any atom is -0.479 e. The Balaban J connectivity index is 1.47. The van der Waals surface area contributed by atoms with Crippen LogP contribution in [0.4, 0.5) is 5.69 Å². The van der Waals surface area contributed by atoms with Crippen LogP contribution in [-0.4, -0.2) is 41.4 Å². The maximum atomic E-state index is 12.5. The van der Waals surface area contributed by atoms with E-state index in [4.69, 9.17) is 4.74 Å². The molecular formula is C19H24N4O3. The van der Waals surface area contributed by atoms with Gasteiger partial charge in [0.25, 0.3) is 5.91 Å². The molecule has 0 aromatic heterocycles. The van der Waals surface area contributed by atoms with Crippen LogP contribution >= 0.6 is 0 Å². The topological polar surface area (TPSA) is 83.0 Å². The van der Waals surface area contributed by atoms with Crippen molar-refractivity contribution in [2.24, 2.45) is 4.99 Å². The number of nitrogens with zero attached hydrogens (tertiary/aromatic N) is 2. The van der Waals surface area contributed by atoms with Crippen LogP contribution in [0.3, 0.4) is 0 Å². The van der Waals surface area contributed by atoms with Crippen LogP contribution < -0.4 is 15.4 Å². The number of hydrogen-bond acceptors (Lipinski definition) is 5. The van der Waals surface area contributed by atoms with E-state index in [-0.39, 0.29) is 17.9 Å². The second-order valence-corrected chi connectivity index (χ2v) is 7.21. The highest BCUT2D eigenvalue weighted by atomic mass is 16.5. The lowest BCUT2D eigenvalue weighted by molar-refractivity contribution is -0.128. The lowest BCUT2D eigenvalue weighted by Crippen LogP contribution is -2.43. The highest BCUT2D eigenvalue weighted by molar-refractivity contribution is 6.06. The van der Waals surface area contributed by atoms with Crippen molar-refractivity contribution in [1.29, 1.82) is 0 Å². The van der Waals surface area contributed by atoms with E-state index in [1.54, 1.807) is 6.92 Å². The molecule has 3 aliphatic rings. The Morgan fingerprint density at radius 1 is 1.31 bits per heavy atom. The summed E-state index contributed by atoms with van der Waals surface area (Å²) in [6.45, 7) is 2.69. The van der Waals surface area contributed by atoms with Crippen molar-refractivity contribution in [1.82, 2.24) is 15.5 Å². The van der Waals surface area contributed by atoms with Crippen molar-refractivity contribution in [2.75, 3.05) is 6.54 Å². The lowest BCUT2D eigenvalue weighted by Gasteiger charge is -2.26. The van der Waals surface area contributed by atoms with Gasteiger partial charge in [0.2, 0.25) is 11.9 Å². The number of aliphatic imine (C=N–C) groups is 1. The van der Waals surface area contributed by atoms with Gasteiger partial charge in [-0.2, -0.15) is 0 Å². The molecule has 2 amide bonds. The van der Waals surface area contributed by atoms with Crippen molar-refractivity contribution in [3.63, 3.8) is 0 Å². The lowest BCUT2D eigenvalue weighted by atomic mass is 9.95. The maximum absolute atomic E-state index is 12.5. The van der Waals surface area contributed by atoms with Crippen LogP contribution in [-0.2, 0) is 16.1 Å². The predicted molar refractivity (Wildman–Crippen MR) is 97.2 cm³/mol. The van der Waals surface area contributed by atoms with Crippen molar-refractivity contribution in [3.05, 3.63) is 23.8 Å². The molecule has 1 aromatic rings. The van der Waals surface area contributed by atoms with Gasteiger partial charge in [0.15, 0.2) is 6.10 Å². The summed E-state index contributed by atoms with van der Waals surface area (Å²) in [7, 11) is 0. The minimum atomic E-state index is -0.597. The number of ether oxygens (including phenoxy) is 1. The van der Waals surface area contributed by atoms with E-state index in [2.05, 4.69) is 15.6 Å². The fourth-order valence-electron chi connectivity index (χ4n) is 3.76. The molecule has 0 bridgehead atoms. The predicted octanol–water partition coefficient (Wildman–Crippen LogP) is 1.84. The van der Waals surface area contributed by atoms with Gasteiger partial charge < -0.3 is 15.0 Å². The number of amides is 2.